The van der Waals surface area contributed by atoms with Gasteiger partial charge in [-0.05, 0) is 12.1 Å². The summed E-state index contributed by atoms with van der Waals surface area (Å²) < 4.78 is 4.93. The number of ether oxygens (including phenoxy) is 1. The molecule has 0 saturated carbocycles. The van der Waals surface area contributed by atoms with Gasteiger partial charge < -0.3 is 15.0 Å². The zero-order valence-corrected chi connectivity index (χ0v) is 16.5. The van der Waals surface area contributed by atoms with Crippen molar-refractivity contribution in [2.45, 2.75) is 12.0 Å². The van der Waals surface area contributed by atoms with Gasteiger partial charge in [-0.3, -0.25) is 19.7 Å². The van der Waals surface area contributed by atoms with Gasteiger partial charge in [0.1, 0.15) is 12.4 Å². The second-order valence-electron chi connectivity index (χ2n) is 7.07. The smallest absolute Gasteiger partial charge is 0.254 e. The van der Waals surface area contributed by atoms with Crippen molar-refractivity contribution in [1.82, 2.24) is 30.4 Å². The van der Waals surface area contributed by atoms with Crippen LogP contribution in [0.3, 0.4) is 0 Å². The molecule has 154 valence electrons. The highest BCUT2D eigenvalue weighted by atomic mass is 16.5. The summed E-state index contributed by atoms with van der Waals surface area (Å²) in [5, 5.41) is 10.3. The Labute approximate surface area is 173 Å². The Hall–Kier alpha value is -3.59. The molecule has 0 bridgehead atoms. The molecular weight excluding hydrogens is 384 g/mol. The number of hydrogen-bond acceptors (Lipinski definition) is 6. The number of nitrogens with zero attached hydrogens (tertiary/aromatic N) is 4. The molecule has 0 radical (unpaired) electrons. The molecule has 2 aromatic heterocycles. The van der Waals surface area contributed by atoms with Gasteiger partial charge in [0.25, 0.3) is 5.91 Å². The van der Waals surface area contributed by atoms with Crippen molar-refractivity contribution in [3.8, 4) is 11.4 Å². The number of rotatable bonds is 6. The van der Waals surface area contributed by atoms with Crippen molar-refractivity contribution in [3.63, 3.8) is 0 Å². The van der Waals surface area contributed by atoms with Crippen LogP contribution < -0.4 is 5.32 Å². The molecule has 1 saturated heterocycles. The van der Waals surface area contributed by atoms with E-state index in [0.29, 0.717) is 30.3 Å². The lowest BCUT2D eigenvalue weighted by Crippen LogP contribution is -2.42. The first-order valence-corrected chi connectivity index (χ1v) is 9.61. The Bertz CT molecular complexity index is 1010. The average molecular weight is 406 g/mol. The molecule has 0 spiro atoms. The highest BCUT2D eigenvalue weighted by molar-refractivity contribution is 5.94. The SMILES string of the molecule is COCC(=O)N[C@@H]1CN(C(=O)c2ccncc2)C[C@H]1c1nc(-c2ccccc2)n[nH]1. The normalized spacial score (nSPS) is 18.4. The molecular formula is C21H22N6O3. The van der Waals surface area contributed by atoms with E-state index in [4.69, 9.17) is 4.74 Å². The molecule has 2 atom stereocenters. The van der Waals surface area contributed by atoms with Gasteiger partial charge in [0.2, 0.25) is 5.91 Å². The van der Waals surface area contributed by atoms with Crippen LogP contribution in [-0.4, -0.2) is 69.7 Å². The van der Waals surface area contributed by atoms with Crippen LogP contribution in [0.5, 0.6) is 0 Å². The van der Waals surface area contributed by atoms with Gasteiger partial charge in [-0.2, -0.15) is 5.10 Å². The second-order valence-corrected chi connectivity index (χ2v) is 7.07. The fourth-order valence-corrected chi connectivity index (χ4v) is 3.61. The first-order chi connectivity index (χ1) is 14.7. The average Bonchev–Trinajstić information content (AvgIpc) is 3.42. The molecule has 3 heterocycles. The molecule has 9 heteroatoms. The first kappa shape index (κ1) is 19.7. The predicted octanol–water partition coefficient (Wildman–Crippen LogP) is 1.24. The number of hydrogen-bond donors (Lipinski definition) is 2. The summed E-state index contributed by atoms with van der Waals surface area (Å²) in [4.78, 5) is 35.4. The number of likely N-dealkylation sites (tertiary alicyclic amines) is 1. The molecule has 2 N–H and O–H groups in total. The lowest BCUT2D eigenvalue weighted by atomic mass is 10.0. The van der Waals surface area contributed by atoms with Crippen LogP contribution in [0.1, 0.15) is 22.1 Å². The van der Waals surface area contributed by atoms with Gasteiger partial charge in [0, 0.05) is 43.7 Å². The maximum Gasteiger partial charge on any atom is 0.254 e. The van der Waals surface area contributed by atoms with Crippen molar-refractivity contribution < 1.29 is 14.3 Å². The molecule has 0 unspecified atom stereocenters. The minimum atomic E-state index is -0.310. The highest BCUT2D eigenvalue weighted by Crippen LogP contribution is 2.28. The summed E-state index contributed by atoms with van der Waals surface area (Å²) >= 11 is 0. The Morgan fingerprint density at radius 1 is 1.17 bits per heavy atom. The van der Waals surface area contributed by atoms with Crippen LogP contribution in [0.25, 0.3) is 11.4 Å². The summed E-state index contributed by atoms with van der Waals surface area (Å²) in [6, 6.07) is 12.7. The lowest BCUT2D eigenvalue weighted by molar-refractivity contribution is -0.125. The summed E-state index contributed by atoms with van der Waals surface area (Å²) in [7, 11) is 1.47. The second kappa shape index (κ2) is 8.83. The number of H-pyrrole nitrogens is 1. The van der Waals surface area contributed by atoms with Crippen LogP contribution >= 0.6 is 0 Å². The van der Waals surface area contributed by atoms with Crippen molar-refractivity contribution in [3.05, 3.63) is 66.2 Å². The maximum atomic E-state index is 12.9. The quantitative estimate of drug-likeness (QED) is 0.637. The number of carbonyl (C=O) groups is 2. The molecule has 30 heavy (non-hydrogen) atoms. The molecule has 1 aliphatic rings. The Balaban J connectivity index is 1.58. The largest absolute Gasteiger partial charge is 0.375 e. The maximum absolute atomic E-state index is 12.9. The number of aromatic amines is 1. The summed E-state index contributed by atoms with van der Waals surface area (Å²) in [5.74, 6) is 0.622. The van der Waals surface area contributed by atoms with Gasteiger partial charge in [-0.1, -0.05) is 30.3 Å². The van der Waals surface area contributed by atoms with E-state index >= 15 is 0 Å². The highest BCUT2D eigenvalue weighted by Gasteiger charge is 2.39. The molecule has 3 aromatic rings. The number of nitrogens with one attached hydrogen (secondary N) is 2. The van der Waals surface area contributed by atoms with Gasteiger partial charge >= 0.3 is 0 Å². The molecule has 2 amide bonds. The van der Waals surface area contributed by atoms with Gasteiger partial charge in [-0.15, -0.1) is 0 Å². The number of methoxy groups -OCH3 is 1. The van der Waals surface area contributed by atoms with Crippen molar-refractivity contribution >= 4 is 11.8 Å². The number of pyridine rings is 1. The van der Waals surface area contributed by atoms with E-state index in [0.717, 1.165) is 5.56 Å². The number of aromatic nitrogens is 4. The van der Waals surface area contributed by atoms with E-state index in [-0.39, 0.29) is 30.4 Å². The molecule has 1 aromatic carbocycles. The minimum Gasteiger partial charge on any atom is -0.375 e. The van der Waals surface area contributed by atoms with Crippen LogP contribution in [-0.2, 0) is 9.53 Å². The summed E-state index contributed by atoms with van der Waals surface area (Å²) in [5.41, 5.74) is 1.44. The molecule has 1 aliphatic heterocycles. The zero-order valence-electron chi connectivity index (χ0n) is 16.5. The van der Waals surface area contributed by atoms with E-state index < -0.39 is 0 Å². The third-order valence-electron chi connectivity index (χ3n) is 5.04. The fourth-order valence-electron chi connectivity index (χ4n) is 3.61. The van der Waals surface area contributed by atoms with Crippen molar-refractivity contribution in [2.24, 2.45) is 0 Å². The third kappa shape index (κ3) is 4.20. The number of amides is 2. The van der Waals surface area contributed by atoms with E-state index in [1.54, 1.807) is 29.4 Å². The van der Waals surface area contributed by atoms with Crippen molar-refractivity contribution in [1.29, 1.82) is 0 Å². The standard InChI is InChI=1S/C21H22N6O3/c1-30-13-18(28)23-17-12-27(21(29)15-7-9-22-10-8-15)11-16(17)20-24-19(25-26-20)14-5-3-2-4-6-14/h2-10,16-17H,11-13H2,1H3,(H,23,28)(H,24,25,26)/t16-,17-/m1/s1. The van der Waals surface area contributed by atoms with E-state index in [2.05, 4.69) is 25.5 Å². The van der Waals surface area contributed by atoms with Crippen LogP contribution in [0.4, 0.5) is 0 Å². The molecule has 4 rings (SSSR count). The van der Waals surface area contributed by atoms with Gasteiger partial charge in [0.05, 0.1) is 12.0 Å². The molecule has 1 fully saturated rings. The van der Waals surface area contributed by atoms with E-state index in [9.17, 15) is 9.59 Å². The van der Waals surface area contributed by atoms with Crippen LogP contribution in [0.2, 0.25) is 0 Å². The number of carbonyl (C=O) groups excluding carboxylic acids is 2. The van der Waals surface area contributed by atoms with E-state index in [1.165, 1.54) is 7.11 Å². The first-order valence-electron chi connectivity index (χ1n) is 9.61. The van der Waals surface area contributed by atoms with Gasteiger partial charge in [-0.25, -0.2) is 4.98 Å². The minimum absolute atomic E-state index is 0.0484. The monoisotopic (exact) mass is 406 g/mol. The van der Waals surface area contributed by atoms with Gasteiger partial charge in [0.15, 0.2) is 5.82 Å². The topological polar surface area (TPSA) is 113 Å². The lowest BCUT2D eigenvalue weighted by Gasteiger charge is -2.17. The van der Waals surface area contributed by atoms with E-state index in [1.807, 2.05) is 30.3 Å². The zero-order chi connectivity index (χ0) is 20.9. The third-order valence-corrected chi connectivity index (χ3v) is 5.04. The van der Waals surface area contributed by atoms with Crippen LogP contribution in [0, 0.1) is 0 Å². The number of benzene rings is 1. The van der Waals surface area contributed by atoms with Crippen LogP contribution in [0.15, 0.2) is 54.9 Å². The predicted molar refractivity (Wildman–Crippen MR) is 109 cm³/mol. The van der Waals surface area contributed by atoms with Crippen molar-refractivity contribution in [2.75, 3.05) is 26.8 Å². The Morgan fingerprint density at radius 3 is 2.67 bits per heavy atom. The Kier molecular flexibility index (Phi) is 5.80. The Morgan fingerprint density at radius 2 is 1.93 bits per heavy atom. The molecule has 9 nitrogen and oxygen atoms in total. The molecule has 0 aliphatic carbocycles. The fraction of sp³-hybridized carbons (Fsp3) is 0.286. The summed E-state index contributed by atoms with van der Waals surface area (Å²) in [6.07, 6.45) is 3.17. The summed E-state index contributed by atoms with van der Waals surface area (Å²) in [6.45, 7) is 0.721.